The first kappa shape index (κ1) is 15.0. The number of nitrogens with zero attached hydrogens (tertiary/aromatic N) is 3. The number of aryl methyl sites for hydroxylation is 2. The molecule has 1 aromatic heterocycles. The van der Waals surface area contributed by atoms with Crippen LogP contribution in [-0.4, -0.2) is 28.6 Å². The number of aromatic nitrogens is 3. The van der Waals surface area contributed by atoms with Gasteiger partial charge in [0.2, 0.25) is 5.95 Å². The standard InChI is InChI=1S/C15H20N4O2/c1-6-20-14-17-13(16-5)18-15(19-14)21-12-10(3)8-7-9(2)11(12)4/h7-8H,6H2,1-5H3,(H,16,17,18,19). The van der Waals surface area contributed by atoms with E-state index in [2.05, 4.69) is 26.3 Å². The average Bonchev–Trinajstić information content (AvgIpc) is 2.48. The second-order valence-corrected chi connectivity index (χ2v) is 4.66. The van der Waals surface area contributed by atoms with Crippen LogP contribution in [0.5, 0.6) is 17.8 Å². The van der Waals surface area contributed by atoms with Gasteiger partial charge in [-0.15, -0.1) is 4.98 Å². The van der Waals surface area contributed by atoms with Crippen LogP contribution in [0.15, 0.2) is 12.1 Å². The zero-order chi connectivity index (χ0) is 15.4. The number of nitrogens with one attached hydrogen (secondary N) is 1. The van der Waals surface area contributed by atoms with Crippen LogP contribution in [0.25, 0.3) is 0 Å². The highest BCUT2D eigenvalue weighted by Gasteiger charge is 2.12. The van der Waals surface area contributed by atoms with Gasteiger partial charge in [0, 0.05) is 7.05 Å². The maximum Gasteiger partial charge on any atom is 0.330 e. The molecular formula is C15H20N4O2. The number of hydrogen-bond donors (Lipinski definition) is 1. The molecule has 1 N–H and O–H groups in total. The number of ether oxygens (including phenoxy) is 2. The van der Waals surface area contributed by atoms with Gasteiger partial charge in [-0.05, 0) is 44.4 Å². The van der Waals surface area contributed by atoms with Gasteiger partial charge in [-0.1, -0.05) is 12.1 Å². The van der Waals surface area contributed by atoms with Crippen molar-refractivity contribution >= 4 is 5.95 Å². The van der Waals surface area contributed by atoms with Crippen LogP contribution < -0.4 is 14.8 Å². The average molecular weight is 288 g/mol. The molecule has 0 spiro atoms. The first-order valence-corrected chi connectivity index (χ1v) is 6.86. The SMILES string of the molecule is CCOc1nc(NC)nc(Oc2c(C)ccc(C)c2C)n1. The van der Waals surface area contributed by atoms with E-state index in [1.165, 1.54) is 0 Å². The van der Waals surface area contributed by atoms with E-state index >= 15 is 0 Å². The molecule has 2 rings (SSSR count). The van der Waals surface area contributed by atoms with Crippen LogP contribution in [0.1, 0.15) is 23.6 Å². The third-order valence-electron chi connectivity index (χ3n) is 3.16. The summed E-state index contributed by atoms with van der Waals surface area (Å²) in [7, 11) is 1.73. The molecule has 0 saturated carbocycles. The van der Waals surface area contributed by atoms with E-state index in [1.807, 2.05) is 33.8 Å². The summed E-state index contributed by atoms with van der Waals surface area (Å²) in [5.74, 6) is 1.18. The molecule has 1 heterocycles. The Bertz CT molecular complexity index is 644. The smallest absolute Gasteiger partial charge is 0.330 e. The number of rotatable bonds is 5. The molecule has 0 unspecified atom stereocenters. The van der Waals surface area contributed by atoms with Crippen LogP contribution in [0.4, 0.5) is 5.95 Å². The first-order valence-electron chi connectivity index (χ1n) is 6.86. The lowest BCUT2D eigenvalue weighted by Gasteiger charge is -2.13. The van der Waals surface area contributed by atoms with Gasteiger partial charge in [-0.25, -0.2) is 0 Å². The van der Waals surface area contributed by atoms with E-state index in [0.29, 0.717) is 12.6 Å². The van der Waals surface area contributed by atoms with Crippen molar-refractivity contribution in [1.82, 2.24) is 15.0 Å². The predicted molar refractivity (Wildman–Crippen MR) is 81.3 cm³/mol. The number of benzene rings is 1. The van der Waals surface area contributed by atoms with Crippen molar-refractivity contribution in [3.05, 3.63) is 28.8 Å². The Morgan fingerprint density at radius 1 is 1.00 bits per heavy atom. The predicted octanol–water partition coefficient (Wildman–Crippen LogP) is 3.03. The zero-order valence-electron chi connectivity index (χ0n) is 13.0. The van der Waals surface area contributed by atoms with E-state index in [4.69, 9.17) is 9.47 Å². The first-order chi connectivity index (χ1) is 10.0. The number of anilines is 1. The molecule has 2 aromatic rings. The van der Waals surface area contributed by atoms with Gasteiger partial charge >= 0.3 is 12.0 Å². The fraction of sp³-hybridized carbons (Fsp3) is 0.400. The Labute approximate surface area is 124 Å². The quantitative estimate of drug-likeness (QED) is 0.912. The Hall–Kier alpha value is -2.37. The molecule has 0 aliphatic rings. The van der Waals surface area contributed by atoms with Gasteiger partial charge in [-0.2, -0.15) is 9.97 Å². The fourth-order valence-corrected chi connectivity index (χ4v) is 1.86. The van der Waals surface area contributed by atoms with Crippen LogP contribution in [-0.2, 0) is 0 Å². The molecule has 6 nitrogen and oxygen atoms in total. The van der Waals surface area contributed by atoms with E-state index in [1.54, 1.807) is 7.05 Å². The lowest BCUT2D eigenvalue weighted by molar-refractivity contribution is 0.303. The van der Waals surface area contributed by atoms with Gasteiger partial charge in [0.25, 0.3) is 0 Å². The van der Waals surface area contributed by atoms with Crippen molar-refractivity contribution in [1.29, 1.82) is 0 Å². The van der Waals surface area contributed by atoms with Crippen LogP contribution in [0, 0.1) is 20.8 Å². The zero-order valence-corrected chi connectivity index (χ0v) is 13.0. The molecule has 1 aromatic carbocycles. The normalized spacial score (nSPS) is 10.3. The van der Waals surface area contributed by atoms with Crippen LogP contribution >= 0.6 is 0 Å². The van der Waals surface area contributed by atoms with Crippen molar-refractivity contribution in [2.45, 2.75) is 27.7 Å². The lowest BCUT2D eigenvalue weighted by Crippen LogP contribution is -2.06. The van der Waals surface area contributed by atoms with E-state index in [9.17, 15) is 0 Å². The molecule has 21 heavy (non-hydrogen) atoms. The maximum atomic E-state index is 5.87. The van der Waals surface area contributed by atoms with E-state index < -0.39 is 0 Å². The van der Waals surface area contributed by atoms with Gasteiger partial charge in [-0.3, -0.25) is 0 Å². The minimum atomic E-state index is 0.217. The lowest BCUT2D eigenvalue weighted by atomic mass is 10.1. The Morgan fingerprint density at radius 2 is 1.67 bits per heavy atom. The second kappa shape index (κ2) is 6.39. The maximum absolute atomic E-state index is 5.87. The van der Waals surface area contributed by atoms with Crippen molar-refractivity contribution in [3.8, 4) is 17.8 Å². The molecule has 0 bridgehead atoms. The molecule has 0 fully saturated rings. The summed E-state index contributed by atoms with van der Waals surface area (Å²) >= 11 is 0. The van der Waals surface area contributed by atoms with Crippen molar-refractivity contribution in [3.63, 3.8) is 0 Å². The minimum absolute atomic E-state index is 0.217. The van der Waals surface area contributed by atoms with Crippen molar-refractivity contribution in [2.75, 3.05) is 19.0 Å². The summed E-state index contributed by atoms with van der Waals surface area (Å²) in [5.41, 5.74) is 3.25. The Morgan fingerprint density at radius 3 is 2.33 bits per heavy atom. The molecule has 0 saturated heterocycles. The highest BCUT2D eigenvalue weighted by atomic mass is 16.5. The highest BCUT2D eigenvalue weighted by molar-refractivity contribution is 5.46. The highest BCUT2D eigenvalue weighted by Crippen LogP contribution is 2.29. The topological polar surface area (TPSA) is 69.2 Å². The van der Waals surface area contributed by atoms with Gasteiger partial charge < -0.3 is 14.8 Å². The summed E-state index contributed by atoms with van der Waals surface area (Å²) in [6.45, 7) is 8.40. The molecule has 0 atom stereocenters. The third-order valence-corrected chi connectivity index (χ3v) is 3.16. The fourth-order valence-electron chi connectivity index (χ4n) is 1.86. The molecule has 0 aliphatic heterocycles. The monoisotopic (exact) mass is 288 g/mol. The largest absolute Gasteiger partial charge is 0.464 e. The van der Waals surface area contributed by atoms with Crippen molar-refractivity contribution in [2.24, 2.45) is 0 Å². The molecular weight excluding hydrogens is 268 g/mol. The summed E-state index contributed by atoms with van der Waals surface area (Å²) in [6.07, 6.45) is 0. The van der Waals surface area contributed by atoms with Gasteiger partial charge in [0.15, 0.2) is 0 Å². The third kappa shape index (κ3) is 3.39. The number of hydrogen-bond acceptors (Lipinski definition) is 6. The van der Waals surface area contributed by atoms with Gasteiger partial charge in [0.1, 0.15) is 5.75 Å². The Kier molecular flexibility index (Phi) is 4.57. The molecule has 112 valence electrons. The molecule has 0 amide bonds. The Balaban J connectivity index is 2.39. The second-order valence-electron chi connectivity index (χ2n) is 4.66. The molecule has 0 radical (unpaired) electrons. The summed E-state index contributed by atoms with van der Waals surface area (Å²) < 4.78 is 11.2. The van der Waals surface area contributed by atoms with Gasteiger partial charge in [0.05, 0.1) is 6.61 Å². The van der Waals surface area contributed by atoms with E-state index in [0.717, 1.165) is 22.4 Å². The molecule has 6 heteroatoms. The minimum Gasteiger partial charge on any atom is -0.464 e. The van der Waals surface area contributed by atoms with Crippen LogP contribution in [0.3, 0.4) is 0 Å². The van der Waals surface area contributed by atoms with Crippen LogP contribution in [0.2, 0.25) is 0 Å². The molecule has 0 aliphatic carbocycles. The summed E-state index contributed by atoms with van der Waals surface area (Å²) in [6, 6.07) is 4.54. The van der Waals surface area contributed by atoms with E-state index in [-0.39, 0.29) is 12.0 Å². The summed E-state index contributed by atoms with van der Waals surface area (Å²) in [5, 5.41) is 2.87. The van der Waals surface area contributed by atoms with Crippen molar-refractivity contribution < 1.29 is 9.47 Å². The summed E-state index contributed by atoms with van der Waals surface area (Å²) in [4.78, 5) is 12.5.